The first-order valence-corrected chi connectivity index (χ1v) is 7.29. The number of aromatic nitrogens is 3. The Morgan fingerprint density at radius 2 is 1.80 bits per heavy atom. The first-order chi connectivity index (χ1) is 11.6. The number of rotatable bonds is 2. The minimum Gasteiger partial charge on any atom is -0.294 e. The van der Waals surface area contributed by atoms with Crippen LogP contribution in [0, 0.1) is 0 Å². The highest BCUT2D eigenvalue weighted by Crippen LogP contribution is 2.33. The average molecular weight is 362 g/mol. The van der Waals surface area contributed by atoms with Crippen molar-refractivity contribution in [1.29, 1.82) is 0 Å². The fourth-order valence-electron chi connectivity index (χ4n) is 2.72. The largest absolute Gasteiger partial charge is 0.451 e. The molecule has 25 heavy (non-hydrogen) atoms. The smallest absolute Gasteiger partial charge is 0.294 e. The second-order valence-corrected chi connectivity index (χ2v) is 5.65. The van der Waals surface area contributed by atoms with Gasteiger partial charge in [-0.1, -0.05) is 0 Å². The average Bonchev–Trinajstić information content (AvgIpc) is 2.53. The molecule has 2 aromatic heterocycles. The van der Waals surface area contributed by atoms with Gasteiger partial charge in [0.2, 0.25) is 5.82 Å². The molecule has 0 N–H and O–H groups in total. The molecule has 3 rings (SSSR count). The Balaban J connectivity index is 1.79. The SMILES string of the molecule is FC(F)(F)c1ncc2c(n1)CCN(Cc1cnccc1C(F)(F)F)C2. The lowest BCUT2D eigenvalue weighted by Crippen LogP contribution is -2.32. The fourth-order valence-corrected chi connectivity index (χ4v) is 2.72. The van der Waals surface area contributed by atoms with E-state index >= 15 is 0 Å². The Morgan fingerprint density at radius 1 is 1.04 bits per heavy atom. The summed E-state index contributed by atoms with van der Waals surface area (Å²) in [4.78, 5) is 12.3. The van der Waals surface area contributed by atoms with E-state index in [2.05, 4.69) is 15.0 Å². The molecule has 3 heterocycles. The van der Waals surface area contributed by atoms with Gasteiger partial charge in [0.1, 0.15) is 0 Å². The number of pyridine rings is 1. The van der Waals surface area contributed by atoms with Gasteiger partial charge >= 0.3 is 12.4 Å². The van der Waals surface area contributed by atoms with E-state index in [0.29, 0.717) is 12.1 Å². The zero-order valence-electron chi connectivity index (χ0n) is 12.7. The Hall–Kier alpha value is -2.23. The molecule has 0 saturated heterocycles. The summed E-state index contributed by atoms with van der Waals surface area (Å²) in [5.41, 5.74) is 0.0146. The molecule has 1 aliphatic rings. The molecular weight excluding hydrogens is 350 g/mol. The van der Waals surface area contributed by atoms with Crippen molar-refractivity contribution >= 4 is 0 Å². The molecule has 0 radical (unpaired) electrons. The van der Waals surface area contributed by atoms with Crippen molar-refractivity contribution in [3.05, 3.63) is 52.9 Å². The molecule has 0 unspecified atom stereocenters. The highest BCUT2D eigenvalue weighted by molar-refractivity contribution is 5.27. The van der Waals surface area contributed by atoms with E-state index < -0.39 is 23.7 Å². The summed E-state index contributed by atoms with van der Waals surface area (Å²) in [6, 6.07) is 0.909. The molecule has 10 heteroatoms. The third kappa shape index (κ3) is 3.89. The highest BCUT2D eigenvalue weighted by atomic mass is 19.4. The predicted molar refractivity (Wildman–Crippen MR) is 74.1 cm³/mol. The quantitative estimate of drug-likeness (QED) is 0.768. The molecule has 0 spiro atoms. The van der Waals surface area contributed by atoms with Crippen molar-refractivity contribution in [3.63, 3.8) is 0 Å². The lowest BCUT2D eigenvalue weighted by Gasteiger charge is -2.28. The molecule has 134 valence electrons. The molecular formula is C15H12F6N4. The molecule has 0 amide bonds. The number of halogens is 6. The van der Waals surface area contributed by atoms with Crippen LogP contribution in [0.2, 0.25) is 0 Å². The minimum absolute atomic E-state index is 0.0108. The Morgan fingerprint density at radius 3 is 2.48 bits per heavy atom. The van der Waals surface area contributed by atoms with Crippen molar-refractivity contribution in [2.75, 3.05) is 6.54 Å². The molecule has 0 saturated carbocycles. The van der Waals surface area contributed by atoms with E-state index in [1.165, 1.54) is 0 Å². The van der Waals surface area contributed by atoms with Gasteiger partial charge in [0.25, 0.3) is 0 Å². The molecule has 0 atom stereocenters. The van der Waals surface area contributed by atoms with Crippen molar-refractivity contribution in [2.45, 2.75) is 31.9 Å². The summed E-state index contributed by atoms with van der Waals surface area (Å²) in [5, 5.41) is 0. The molecule has 0 aromatic carbocycles. The van der Waals surface area contributed by atoms with Crippen LogP contribution in [0.25, 0.3) is 0 Å². The third-order valence-electron chi connectivity index (χ3n) is 3.87. The van der Waals surface area contributed by atoms with E-state index in [1.807, 2.05) is 0 Å². The van der Waals surface area contributed by atoms with Crippen LogP contribution in [0.15, 0.2) is 24.7 Å². The standard InChI is InChI=1S/C15H12F6N4/c16-14(17,18)11-1-3-22-5-9(11)7-25-4-2-12-10(8-25)6-23-13(24-12)15(19,20)21/h1,3,5-6H,2,4,7-8H2. The van der Waals surface area contributed by atoms with Gasteiger partial charge in [-0.15, -0.1) is 0 Å². The van der Waals surface area contributed by atoms with E-state index in [4.69, 9.17) is 0 Å². The lowest BCUT2D eigenvalue weighted by atomic mass is 10.0. The van der Waals surface area contributed by atoms with Gasteiger partial charge in [-0.2, -0.15) is 26.3 Å². The Bertz CT molecular complexity index is 771. The summed E-state index contributed by atoms with van der Waals surface area (Å²) in [7, 11) is 0. The summed E-state index contributed by atoms with van der Waals surface area (Å²) in [6.45, 7) is 0.469. The van der Waals surface area contributed by atoms with Gasteiger partial charge in [0, 0.05) is 50.2 Å². The number of nitrogens with zero attached hydrogens (tertiary/aromatic N) is 4. The first-order valence-electron chi connectivity index (χ1n) is 7.29. The molecule has 0 bridgehead atoms. The van der Waals surface area contributed by atoms with Gasteiger partial charge in [-0.3, -0.25) is 9.88 Å². The van der Waals surface area contributed by atoms with Crippen LogP contribution < -0.4 is 0 Å². The summed E-state index contributed by atoms with van der Waals surface area (Å²) in [5.74, 6) is -1.20. The molecule has 2 aromatic rings. The zero-order valence-corrected chi connectivity index (χ0v) is 12.7. The normalized spacial score (nSPS) is 15.9. The number of hydrogen-bond donors (Lipinski definition) is 0. The van der Waals surface area contributed by atoms with Crippen LogP contribution in [0.1, 0.15) is 28.2 Å². The van der Waals surface area contributed by atoms with Crippen LogP contribution in [0.4, 0.5) is 26.3 Å². The van der Waals surface area contributed by atoms with Crippen LogP contribution in [-0.4, -0.2) is 26.4 Å². The van der Waals surface area contributed by atoms with Gasteiger partial charge in [0.15, 0.2) is 0 Å². The maximum Gasteiger partial charge on any atom is 0.451 e. The van der Waals surface area contributed by atoms with Crippen LogP contribution in [0.3, 0.4) is 0 Å². The van der Waals surface area contributed by atoms with Gasteiger partial charge in [-0.05, 0) is 11.6 Å². The van der Waals surface area contributed by atoms with Crippen molar-refractivity contribution < 1.29 is 26.3 Å². The van der Waals surface area contributed by atoms with Gasteiger partial charge in [0.05, 0.1) is 11.3 Å². The second-order valence-electron chi connectivity index (χ2n) is 5.65. The van der Waals surface area contributed by atoms with Crippen molar-refractivity contribution in [2.24, 2.45) is 0 Å². The minimum atomic E-state index is -4.62. The topological polar surface area (TPSA) is 41.9 Å². The summed E-state index contributed by atoms with van der Waals surface area (Å²) in [6.07, 6.45) is -5.58. The highest BCUT2D eigenvalue weighted by Gasteiger charge is 2.36. The maximum atomic E-state index is 13.0. The van der Waals surface area contributed by atoms with Crippen LogP contribution in [-0.2, 0) is 31.9 Å². The monoisotopic (exact) mass is 362 g/mol. The van der Waals surface area contributed by atoms with Gasteiger partial charge < -0.3 is 0 Å². The number of hydrogen-bond acceptors (Lipinski definition) is 4. The van der Waals surface area contributed by atoms with Crippen LogP contribution in [0.5, 0.6) is 0 Å². The van der Waals surface area contributed by atoms with Crippen molar-refractivity contribution in [1.82, 2.24) is 19.9 Å². The number of fused-ring (bicyclic) bond motifs is 1. The van der Waals surface area contributed by atoms with Gasteiger partial charge in [-0.25, -0.2) is 9.97 Å². The Kier molecular flexibility index (Phi) is 4.40. The van der Waals surface area contributed by atoms with E-state index in [1.54, 1.807) is 4.90 Å². The first kappa shape index (κ1) is 17.6. The van der Waals surface area contributed by atoms with E-state index in [9.17, 15) is 26.3 Å². The molecule has 4 nitrogen and oxygen atoms in total. The van der Waals surface area contributed by atoms with Crippen LogP contribution >= 0.6 is 0 Å². The molecule has 0 fully saturated rings. The van der Waals surface area contributed by atoms with E-state index in [0.717, 1.165) is 24.7 Å². The lowest BCUT2D eigenvalue weighted by molar-refractivity contribution is -0.145. The molecule has 0 aliphatic carbocycles. The third-order valence-corrected chi connectivity index (χ3v) is 3.87. The zero-order chi connectivity index (χ0) is 18.2. The summed E-state index contributed by atoms with van der Waals surface area (Å²) >= 11 is 0. The van der Waals surface area contributed by atoms with Crippen molar-refractivity contribution in [3.8, 4) is 0 Å². The second kappa shape index (κ2) is 6.25. The molecule has 1 aliphatic heterocycles. The Labute approximate surface area is 138 Å². The number of alkyl halides is 6. The summed E-state index contributed by atoms with van der Waals surface area (Å²) < 4.78 is 77.0. The fraction of sp³-hybridized carbons (Fsp3) is 0.400. The maximum absolute atomic E-state index is 13.0. The predicted octanol–water partition coefficient (Wildman–Crippen LogP) is 3.47. The van der Waals surface area contributed by atoms with E-state index in [-0.39, 0.29) is 30.8 Å².